The van der Waals surface area contributed by atoms with Crippen LogP contribution >= 0.6 is 11.8 Å². The van der Waals surface area contributed by atoms with Crippen LogP contribution in [0.4, 0.5) is 0 Å². The quantitative estimate of drug-likeness (QED) is 0.566. The third-order valence-electron chi connectivity index (χ3n) is 1.77. The van der Waals surface area contributed by atoms with Crippen LogP contribution in [-0.2, 0) is 4.79 Å². The first-order chi connectivity index (χ1) is 6.74. The van der Waals surface area contributed by atoms with E-state index in [4.69, 9.17) is 0 Å². The fraction of sp³-hybridized carbons (Fsp3) is 0.300. The number of hydrogen-bond acceptors (Lipinski definition) is 3. The van der Waals surface area contributed by atoms with Crippen LogP contribution in [0.15, 0.2) is 34.3 Å². The van der Waals surface area contributed by atoms with E-state index in [1.807, 2.05) is 31.2 Å². The first-order valence-electron chi connectivity index (χ1n) is 4.28. The summed E-state index contributed by atoms with van der Waals surface area (Å²) in [6, 6.07) is 7.94. The van der Waals surface area contributed by atoms with Gasteiger partial charge in [-0.2, -0.15) is 0 Å². The monoisotopic (exact) mass is 209 g/mol. The van der Waals surface area contributed by atoms with E-state index >= 15 is 0 Å². The van der Waals surface area contributed by atoms with Crippen molar-refractivity contribution in [1.82, 2.24) is 0 Å². The Balaban J connectivity index is 2.42. The minimum absolute atomic E-state index is 0.211. The molecule has 4 heteroatoms. The Bertz CT molecular complexity index is 339. The molecular weight excluding hydrogens is 198 g/mol. The molecule has 0 saturated heterocycles. The van der Waals surface area contributed by atoms with Gasteiger partial charge in [-0.1, -0.05) is 18.2 Å². The van der Waals surface area contributed by atoms with Gasteiger partial charge in [-0.05, 0) is 18.6 Å². The molecule has 0 atom stereocenters. The fourth-order valence-electron chi connectivity index (χ4n) is 1.01. The fourth-order valence-corrected chi connectivity index (χ4v) is 1.98. The predicted octanol–water partition coefficient (Wildman–Crippen LogP) is 2.77. The van der Waals surface area contributed by atoms with Crippen molar-refractivity contribution in [3.05, 3.63) is 34.7 Å². The van der Waals surface area contributed by atoms with Crippen LogP contribution in [0.3, 0.4) is 0 Å². The van der Waals surface area contributed by atoms with E-state index in [0.717, 1.165) is 4.90 Å². The smallest absolute Gasteiger partial charge is 0.269 e. The minimum atomic E-state index is -0.578. The zero-order valence-corrected chi connectivity index (χ0v) is 8.71. The summed E-state index contributed by atoms with van der Waals surface area (Å²) in [5.41, 5.74) is 1.18. The van der Waals surface area contributed by atoms with E-state index < -0.39 is 5.91 Å². The summed E-state index contributed by atoms with van der Waals surface area (Å²) >= 11 is 1.57. The van der Waals surface area contributed by atoms with Gasteiger partial charge in [-0.25, -0.2) is 0 Å². The first kappa shape index (κ1) is 10.9. The molecule has 0 aliphatic carbocycles. The van der Waals surface area contributed by atoms with Crippen LogP contribution in [0.2, 0.25) is 0 Å². The molecule has 0 aliphatic rings. The van der Waals surface area contributed by atoms with Gasteiger partial charge >= 0.3 is 0 Å². The van der Waals surface area contributed by atoms with Crippen molar-refractivity contribution in [1.29, 1.82) is 0 Å². The molecule has 1 rings (SSSR count). The molecule has 0 bridgehead atoms. The Morgan fingerprint density at radius 1 is 1.43 bits per heavy atom. The lowest BCUT2D eigenvalue weighted by molar-refractivity contribution is -0.117. The van der Waals surface area contributed by atoms with Gasteiger partial charge in [0.25, 0.3) is 5.91 Å². The summed E-state index contributed by atoms with van der Waals surface area (Å²) in [5, 5.41) is 2.34. The number of nitrogens with zero attached hydrogens (tertiary/aromatic N) is 1. The number of hydrogen-bond donors (Lipinski definition) is 0. The topological polar surface area (TPSA) is 46.5 Å². The number of thioether (sulfide) groups is 1. The summed E-state index contributed by atoms with van der Waals surface area (Å²) in [6.45, 7) is 2.02. The third kappa shape index (κ3) is 3.30. The van der Waals surface area contributed by atoms with Crippen LogP contribution in [0, 0.1) is 11.8 Å². The normalized spacial score (nSPS) is 9.79. The molecule has 74 valence electrons. The van der Waals surface area contributed by atoms with Gasteiger partial charge in [0.05, 0.1) is 0 Å². The standard InChI is InChI=1S/C10H11NO2S/c1-8-4-2-3-5-9(8)14-7-6-10(12)11-13/h2-5H,6-7H2,1H3. The highest BCUT2D eigenvalue weighted by Gasteiger charge is 2.02. The van der Waals surface area contributed by atoms with E-state index in [9.17, 15) is 9.70 Å². The van der Waals surface area contributed by atoms with Crippen molar-refractivity contribution < 1.29 is 4.79 Å². The van der Waals surface area contributed by atoms with Gasteiger partial charge in [0.15, 0.2) is 0 Å². The third-order valence-corrected chi connectivity index (χ3v) is 2.95. The van der Waals surface area contributed by atoms with Gasteiger partial charge < -0.3 is 0 Å². The summed E-state index contributed by atoms with van der Waals surface area (Å²) in [7, 11) is 0. The largest absolute Gasteiger partial charge is 0.287 e. The number of nitroso groups, excluding NO2 is 1. The molecule has 0 radical (unpaired) electrons. The molecule has 0 fully saturated rings. The van der Waals surface area contributed by atoms with Crippen molar-refractivity contribution in [3.63, 3.8) is 0 Å². The molecule has 0 unspecified atom stereocenters. The molecule has 3 nitrogen and oxygen atoms in total. The molecule has 14 heavy (non-hydrogen) atoms. The van der Waals surface area contributed by atoms with Crippen molar-refractivity contribution >= 4 is 17.7 Å². The lowest BCUT2D eigenvalue weighted by Gasteiger charge is -2.02. The second-order valence-corrected chi connectivity index (χ2v) is 3.99. The van der Waals surface area contributed by atoms with Gasteiger partial charge in [0.1, 0.15) is 0 Å². The van der Waals surface area contributed by atoms with Crippen LogP contribution in [0.25, 0.3) is 0 Å². The predicted molar refractivity (Wildman–Crippen MR) is 57.3 cm³/mol. The molecule has 1 amide bonds. The van der Waals surface area contributed by atoms with E-state index in [0.29, 0.717) is 5.75 Å². The van der Waals surface area contributed by atoms with Crippen molar-refractivity contribution in [2.75, 3.05) is 5.75 Å². The van der Waals surface area contributed by atoms with E-state index in [2.05, 4.69) is 5.18 Å². The number of rotatable bonds is 4. The summed E-state index contributed by atoms with van der Waals surface area (Å²) in [5.74, 6) is 0.0289. The van der Waals surface area contributed by atoms with E-state index in [1.165, 1.54) is 5.56 Å². The Morgan fingerprint density at radius 2 is 2.14 bits per heavy atom. The Kier molecular flexibility index (Phi) is 4.32. The number of aryl methyl sites for hydroxylation is 1. The molecular formula is C10H11NO2S. The highest BCUT2D eigenvalue weighted by atomic mass is 32.2. The average Bonchev–Trinajstić information content (AvgIpc) is 2.20. The second-order valence-electron chi connectivity index (χ2n) is 2.85. The SMILES string of the molecule is Cc1ccccc1SCCC(=O)N=O. The van der Waals surface area contributed by atoms with Crippen LogP contribution in [0.1, 0.15) is 12.0 Å². The minimum Gasteiger partial charge on any atom is -0.269 e. The number of benzene rings is 1. The van der Waals surface area contributed by atoms with Gasteiger partial charge in [-0.15, -0.1) is 16.7 Å². The molecule has 0 spiro atoms. The van der Waals surface area contributed by atoms with E-state index in [-0.39, 0.29) is 6.42 Å². The zero-order chi connectivity index (χ0) is 10.4. The number of carbonyl (C=O) groups excluding carboxylic acids is 1. The lowest BCUT2D eigenvalue weighted by Crippen LogP contribution is -1.93. The van der Waals surface area contributed by atoms with E-state index in [1.54, 1.807) is 11.8 Å². The summed E-state index contributed by atoms with van der Waals surface area (Å²) in [4.78, 5) is 21.5. The van der Waals surface area contributed by atoms with Gasteiger partial charge in [0.2, 0.25) is 0 Å². The number of carbonyl (C=O) groups is 1. The highest BCUT2D eigenvalue weighted by molar-refractivity contribution is 7.99. The zero-order valence-electron chi connectivity index (χ0n) is 7.90. The second kappa shape index (κ2) is 5.54. The Labute approximate surface area is 86.9 Å². The maximum atomic E-state index is 10.6. The maximum absolute atomic E-state index is 10.6. The van der Waals surface area contributed by atoms with Crippen molar-refractivity contribution in [2.24, 2.45) is 5.18 Å². The molecule has 0 heterocycles. The lowest BCUT2D eigenvalue weighted by atomic mass is 10.2. The molecule has 0 N–H and O–H groups in total. The number of amides is 1. The summed E-state index contributed by atoms with van der Waals surface area (Å²) in [6.07, 6.45) is 0.211. The van der Waals surface area contributed by atoms with Crippen molar-refractivity contribution in [2.45, 2.75) is 18.2 Å². The van der Waals surface area contributed by atoms with Crippen molar-refractivity contribution in [3.8, 4) is 0 Å². The Morgan fingerprint density at radius 3 is 2.79 bits per heavy atom. The van der Waals surface area contributed by atoms with Gasteiger partial charge in [-0.3, -0.25) is 4.79 Å². The molecule has 0 aliphatic heterocycles. The highest BCUT2D eigenvalue weighted by Crippen LogP contribution is 2.22. The summed E-state index contributed by atoms with van der Waals surface area (Å²) < 4.78 is 0. The maximum Gasteiger partial charge on any atom is 0.287 e. The van der Waals surface area contributed by atoms with Crippen LogP contribution < -0.4 is 0 Å². The Hall–Kier alpha value is -1.16. The first-order valence-corrected chi connectivity index (χ1v) is 5.27. The van der Waals surface area contributed by atoms with Crippen LogP contribution in [-0.4, -0.2) is 11.7 Å². The molecule has 0 aromatic heterocycles. The molecule has 1 aromatic carbocycles. The molecule has 1 aromatic rings. The van der Waals surface area contributed by atoms with Gasteiger partial charge in [0, 0.05) is 22.2 Å². The van der Waals surface area contributed by atoms with Crippen LogP contribution in [0.5, 0.6) is 0 Å². The molecule has 0 saturated carbocycles. The average molecular weight is 209 g/mol.